The molecule has 0 bridgehead atoms. The molecular weight excluding hydrogens is 186 g/mol. The molecule has 0 aliphatic heterocycles. The predicted octanol–water partition coefficient (Wildman–Crippen LogP) is 3.69. The van der Waals surface area contributed by atoms with E-state index >= 15 is 0 Å². The lowest BCUT2D eigenvalue weighted by atomic mass is 9.93. The van der Waals surface area contributed by atoms with E-state index in [0.717, 1.165) is 18.8 Å². The molecule has 15 heavy (non-hydrogen) atoms. The molecule has 3 unspecified atom stereocenters. The van der Waals surface area contributed by atoms with Gasteiger partial charge in [0.1, 0.15) is 6.23 Å². The van der Waals surface area contributed by atoms with Crippen LogP contribution in [-0.4, -0.2) is 12.3 Å². The molecule has 3 atom stereocenters. The van der Waals surface area contributed by atoms with Crippen molar-refractivity contribution in [2.24, 2.45) is 11.7 Å². The van der Waals surface area contributed by atoms with E-state index in [2.05, 4.69) is 27.7 Å². The van der Waals surface area contributed by atoms with Crippen molar-refractivity contribution in [3.05, 3.63) is 0 Å². The summed E-state index contributed by atoms with van der Waals surface area (Å²) in [6, 6.07) is 0. The summed E-state index contributed by atoms with van der Waals surface area (Å²) in [5, 5.41) is 0. The van der Waals surface area contributed by atoms with Crippen molar-refractivity contribution in [1.82, 2.24) is 0 Å². The van der Waals surface area contributed by atoms with Gasteiger partial charge in [0, 0.05) is 0 Å². The first-order valence-corrected chi connectivity index (χ1v) is 6.54. The van der Waals surface area contributed by atoms with Gasteiger partial charge >= 0.3 is 0 Å². The second kappa shape index (κ2) is 9.17. The van der Waals surface area contributed by atoms with Crippen LogP contribution in [0, 0.1) is 5.92 Å². The monoisotopic (exact) mass is 215 g/mol. The Morgan fingerprint density at radius 3 is 2.27 bits per heavy atom. The first-order chi connectivity index (χ1) is 7.13. The molecule has 0 radical (unpaired) electrons. The van der Waals surface area contributed by atoms with E-state index in [0.29, 0.717) is 6.10 Å². The van der Waals surface area contributed by atoms with E-state index in [1.165, 1.54) is 25.7 Å². The quantitative estimate of drug-likeness (QED) is 0.595. The molecule has 0 aliphatic rings. The van der Waals surface area contributed by atoms with E-state index in [1.807, 2.05) is 0 Å². The standard InChI is InChI=1S/C13H29NO/c1-5-8-9-12(6-2)10-11(4)15-13(14)7-3/h11-13H,5-10,14H2,1-4H3. The Morgan fingerprint density at radius 1 is 1.13 bits per heavy atom. The van der Waals surface area contributed by atoms with Crippen LogP contribution in [-0.2, 0) is 4.74 Å². The molecule has 0 aromatic carbocycles. The van der Waals surface area contributed by atoms with Gasteiger partial charge in [-0.05, 0) is 25.7 Å². The van der Waals surface area contributed by atoms with Crippen molar-refractivity contribution in [2.75, 3.05) is 0 Å². The second-order valence-electron chi connectivity index (χ2n) is 4.55. The van der Waals surface area contributed by atoms with Gasteiger partial charge in [0.2, 0.25) is 0 Å². The van der Waals surface area contributed by atoms with E-state index in [4.69, 9.17) is 10.5 Å². The van der Waals surface area contributed by atoms with Gasteiger partial charge in [-0.25, -0.2) is 0 Å². The number of rotatable bonds is 9. The van der Waals surface area contributed by atoms with Crippen LogP contribution in [0.3, 0.4) is 0 Å². The van der Waals surface area contributed by atoms with Crippen LogP contribution in [0.25, 0.3) is 0 Å². The highest BCUT2D eigenvalue weighted by Gasteiger charge is 2.13. The average Bonchev–Trinajstić information content (AvgIpc) is 2.23. The summed E-state index contributed by atoms with van der Waals surface area (Å²) in [5.41, 5.74) is 5.77. The number of hydrogen-bond donors (Lipinski definition) is 1. The first kappa shape index (κ1) is 14.9. The largest absolute Gasteiger partial charge is 0.361 e. The lowest BCUT2D eigenvalue weighted by Crippen LogP contribution is -2.28. The molecule has 2 nitrogen and oxygen atoms in total. The fourth-order valence-electron chi connectivity index (χ4n) is 1.90. The summed E-state index contributed by atoms with van der Waals surface area (Å²) in [7, 11) is 0. The molecule has 0 saturated heterocycles. The molecule has 0 amide bonds. The van der Waals surface area contributed by atoms with Crippen LogP contribution in [0.4, 0.5) is 0 Å². The average molecular weight is 215 g/mol. The van der Waals surface area contributed by atoms with Gasteiger partial charge in [0.15, 0.2) is 0 Å². The van der Waals surface area contributed by atoms with Gasteiger partial charge in [0.25, 0.3) is 0 Å². The summed E-state index contributed by atoms with van der Waals surface area (Å²) < 4.78 is 5.69. The summed E-state index contributed by atoms with van der Waals surface area (Å²) in [5.74, 6) is 0.809. The van der Waals surface area contributed by atoms with Crippen LogP contribution in [0.1, 0.15) is 66.2 Å². The molecule has 0 aromatic rings. The zero-order valence-electron chi connectivity index (χ0n) is 11.0. The fraction of sp³-hybridized carbons (Fsp3) is 1.00. The van der Waals surface area contributed by atoms with Crippen molar-refractivity contribution < 1.29 is 4.74 Å². The van der Waals surface area contributed by atoms with Gasteiger partial charge in [-0.15, -0.1) is 0 Å². The third-order valence-electron chi connectivity index (χ3n) is 3.02. The van der Waals surface area contributed by atoms with Crippen LogP contribution in [0.2, 0.25) is 0 Å². The Labute approximate surface area is 95.6 Å². The maximum absolute atomic E-state index is 5.77. The molecule has 0 spiro atoms. The minimum absolute atomic E-state index is 0.0799. The highest BCUT2D eigenvalue weighted by atomic mass is 16.5. The second-order valence-corrected chi connectivity index (χ2v) is 4.55. The van der Waals surface area contributed by atoms with Crippen molar-refractivity contribution in [1.29, 1.82) is 0 Å². The van der Waals surface area contributed by atoms with Crippen molar-refractivity contribution in [3.63, 3.8) is 0 Å². The van der Waals surface area contributed by atoms with Gasteiger partial charge < -0.3 is 10.5 Å². The Balaban J connectivity index is 3.74. The highest BCUT2D eigenvalue weighted by Crippen LogP contribution is 2.20. The Bertz CT molecular complexity index is 138. The molecule has 0 aromatic heterocycles. The maximum atomic E-state index is 5.77. The molecule has 2 heteroatoms. The van der Waals surface area contributed by atoms with Crippen LogP contribution < -0.4 is 5.73 Å². The molecule has 0 saturated carbocycles. The Morgan fingerprint density at radius 2 is 1.80 bits per heavy atom. The zero-order chi connectivity index (χ0) is 11.7. The SMILES string of the molecule is CCCCC(CC)CC(C)OC(N)CC. The van der Waals surface area contributed by atoms with Crippen molar-refractivity contribution in [3.8, 4) is 0 Å². The molecular formula is C13H29NO. The lowest BCUT2D eigenvalue weighted by molar-refractivity contribution is -0.0130. The van der Waals surface area contributed by atoms with E-state index in [9.17, 15) is 0 Å². The highest BCUT2D eigenvalue weighted by molar-refractivity contribution is 4.63. The van der Waals surface area contributed by atoms with Crippen molar-refractivity contribution >= 4 is 0 Å². The van der Waals surface area contributed by atoms with Crippen molar-refractivity contribution in [2.45, 2.75) is 78.6 Å². The van der Waals surface area contributed by atoms with Gasteiger partial charge in [0.05, 0.1) is 6.10 Å². The minimum Gasteiger partial charge on any atom is -0.361 e. The number of hydrogen-bond acceptors (Lipinski definition) is 2. The zero-order valence-corrected chi connectivity index (χ0v) is 11.0. The maximum Gasteiger partial charge on any atom is 0.105 e. The van der Waals surface area contributed by atoms with Crippen LogP contribution >= 0.6 is 0 Å². The normalized spacial score (nSPS) is 17.4. The van der Waals surface area contributed by atoms with E-state index in [-0.39, 0.29) is 6.23 Å². The van der Waals surface area contributed by atoms with Gasteiger partial charge in [-0.2, -0.15) is 0 Å². The minimum atomic E-state index is -0.0799. The summed E-state index contributed by atoms with van der Waals surface area (Å²) in [6.45, 7) is 8.72. The van der Waals surface area contributed by atoms with Gasteiger partial charge in [-0.3, -0.25) is 0 Å². The number of nitrogens with two attached hydrogens (primary N) is 1. The molecule has 92 valence electrons. The van der Waals surface area contributed by atoms with Crippen LogP contribution in [0.15, 0.2) is 0 Å². The van der Waals surface area contributed by atoms with E-state index in [1.54, 1.807) is 0 Å². The van der Waals surface area contributed by atoms with Crippen LogP contribution in [0.5, 0.6) is 0 Å². The third-order valence-corrected chi connectivity index (χ3v) is 3.02. The topological polar surface area (TPSA) is 35.2 Å². The third kappa shape index (κ3) is 7.80. The smallest absolute Gasteiger partial charge is 0.105 e. The molecule has 0 rings (SSSR count). The molecule has 0 aliphatic carbocycles. The summed E-state index contributed by atoms with van der Waals surface area (Å²) in [4.78, 5) is 0. The number of unbranched alkanes of at least 4 members (excludes halogenated alkanes) is 1. The summed E-state index contributed by atoms with van der Waals surface area (Å²) in [6.07, 6.45) is 7.51. The predicted molar refractivity (Wildman–Crippen MR) is 66.7 cm³/mol. The van der Waals surface area contributed by atoms with E-state index < -0.39 is 0 Å². The summed E-state index contributed by atoms with van der Waals surface area (Å²) >= 11 is 0. The fourth-order valence-corrected chi connectivity index (χ4v) is 1.90. The molecule has 0 fully saturated rings. The Kier molecular flexibility index (Phi) is 9.12. The Hall–Kier alpha value is -0.0800. The van der Waals surface area contributed by atoms with Gasteiger partial charge in [-0.1, -0.05) is 46.5 Å². The first-order valence-electron chi connectivity index (χ1n) is 6.54. The number of ether oxygens (including phenoxy) is 1. The lowest BCUT2D eigenvalue weighted by Gasteiger charge is -2.22. The molecule has 0 heterocycles. The molecule has 2 N–H and O–H groups in total.